The number of piperazine rings is 1. The first-order valence-electron chi connectivity index (χ1n) is 7.30. The Morgan fingerprint density at radius 3 is 2.70 bits per heavy atom. The number of rotatable bonds is 6. The summed E-state index contributed by atoms with van der Waals surface area (Å²) in [4.78, 5) is 26.0. The lowest BCUT2D eigenvalue weighted by Crippen LogP contribution is -2.49. The van der Waals surface area contributed by atoms with Gasteiger partial charge in [-0.15, -0.1) is 6.58 Å². The van der Waals surface area contributed by atoms with E-state index in [0.29, 0.717) is 38.4 Å². The molecule has 23 heavy (non-hydrogen) atoms. The Labute approximate surface area is 133 Å². The molecule has 0 unspecified atom stereocenters. The van der Waals surface area contributed by atoms with E-state index in [1.54, 1.807) is 6.08 Å². The first-order valence-corrected chi connectivity index (χ1v) is 7.30. The van der Waals surface area contributed by atoms with Gasteiger partial charge in [-0.25, -0.2) is 4.39 Å². The second-order valence-electron chi connectivity index (χ2n) is 5.25. The molecule has 1 aromatic carbocycles. The Kier molecular flexibility index (Phi) is 5.64. The molecule has 1 amide bonds. The molecule has 1 aromatic rings. The molecule has 1 heterocycles. The summed E-state index contributed by atoms with van der Waals surface area (Å²) in [6, 6.07) is 3.59. The molecule has 0 atom stereocenters. The van der Waals surface area contributed by atoms with E-state index in [-0.39, 0.29) is 18.1 Å². The average molecular weight is 322 g/mol. The largest absolute Gasteiger partial charge is 0.363 e. The van der Waals surface area contributed by atoms with Crippen molar-refractivity contribution in [3.05, 3.63) is 46.8 Å². The molecule has 0 spiro atoms. The van der Waals surface area contributed by atoms with Gasteiger partial charge in [0.05, 0.1) is 17.5 Å². The Morgan fingerprint density at radius 1 is 1.39 bits per heavy atom. The fourth-order valence-electron chi connectivity index (χ4n) is 2.50. The van der Waals surface area contributed by atoms with Crippen LogP contribution in [0.1, 0.15) is 0 Å². The van der Waals surface area contributed by atoms with E-state index in [1.807, 2.05) is 9.80 Å². The third-order valence-corrected chi connectivity index (χ3v) is 3.66. The third-order valence-electron chi connectivity index (χ3n) is 3.66. The number of carbonyl (C=O) groups is 1. The number of hydrogen-bond donors (Lipinski definition) is 1. The lowest BCUT2D eigenvalue weighted by molar-refractivity contribution is -0.384. The van der Waals surface area contributed by atoms with Crippen LogP contribution in [0.25, 0.3) is 0 Å². The quantitative estimate of drug-likeness (QED) is 0.483. The van der Waals surface area contributed by atoms with E-state index in [9.17, 15) is 19.3 Å². The van der Waals surface area contributed by atoms with Gasteiger partial charge in [-0.2, -0.15) is 0 Å². The SMILES string of the molecule is C=CCNC(=O)CN1CCN(c2ccc(F)cc2[N+](=O)[O-])CC1. The number of nitro groups is 1. The van der Waals surface area contributed by atoms with Crippen molar-refractivity contribution in [3.8, 4) is 0 Å². The highest BCUT2D eigenvalue weighted by atomic mass is 19.1. The minimum absolute atomic E-state index is 0.0777. The maximum Gasteiger partial charge on any atom is 0.295 e. The molecule has 1 aliphatic rings. The lowest BCUT2D eigenvalue weighted by atomic mass is 10.2. The van der Waals surface area contributed by atoms with Crippen LogP contribution in [0.15, 0.2) is 30.9 Å². The van der Waals surface area contributed by atoms with Gasteiger partial charge in [0.15, 0.2) is 0 Å². The molecule has 1 N–H and O–H groups in total. The normalized spacial score (nSPS) is 15.3. The maximum atomic E-state index is 13.2. The molecule has 8 heteroatoms. The van der Waals surface area contributed by atoms with Gasteiger partial charge in [-0.05, 0) is 12.1 Å². The number of carbonyl (C=O) groups excluding carboxylic acids is 1. The molecule has 1 saturated heterocycles. The van der Waals surface area contributed by atoms with Gasteiger partial charge in [-0.3, -0.25) is 19.8 Å². The van der Waals surface area contributed by atoms with Gasteiger partial charge >= 0.3 is 0 Å². The zero-order chi connectivity index (χ0) is 16.8. The smallest absolute Gasteiger partial charge is 0.295 e. The van der Waals surface area contributed by atoms with E-state index in [0.717, 1.165) is 6.07 Å². The molecule has 0 bridgehead atoms. The van der Waals surface area contributed by atoms with E-state index in [4.69, 9.17) is 0 Å². The molecule has 7 nitrogen and oxygen atoms in total. The van der Waals surface area contributed by atoms with E-state index < -0.39 is 10.7 Å². The zero-order valence-electron chi connectivity index (χ0n) is 12.7. The summed E-state index contributed by atoms with van der Waals surface area (Å²) in [6.07, 6.45) is 1.61. The van der Waals surface area contributed by atoms with Crippen LogP contribution < -0.4 is 10.2 Å². The molecule has 1 aliphatic heterocycles. The van der Waals surface area contributed by atoms with Gasteiger partial charge < -0.3 is 10.2 Å². The monoisotopic (exact) mass is 322 g/mol. The number of benzene rings is 1. The highest BCUT2D eigenvalue weighted by Gasteiger charge is 2.24. The van der Waals surface area contributed by atoms with Crippen LogP contribution in [0.2, 0.25) is 0 Å². The number of nitro benzene ring substituents is 1. The van der Waals surface area contributed by atoms with Crippen molar-refractivity contribution in [3.63, 3.8) is 0 Å². The molecule has 1 fully saturated rings. The minimum Gasteiger partial charge on any atom is -0.363 e. The van der Waals surface area contributed by atoms with Crippen LogP contribution in [0.3, 0.4) is 0 Å². The zero-order valence-corrected chi connectivity index (χ0v) is 12.7. The first-order chi connectivity index (χ1) is 11.0. The summed E-state index contributed by atoms with van der Waals surface area (Å²) in [5.41, 5.74) is 0.175. The number of nitrogens with zero attached hydrogens (tertiary/aromatic N) is 3. The topological polar surface area (TPSA) is 78.7 Å². The second kappa shape index (κ2) is 7.68. The standard InChI is InChI=1S/C15H19FN4O3/c1-2-5-17-15(21)11-18-6-8-19(9-7-18)13-4-3-12(16)10-14(13)20(22)23/h2-4,10H,1,5-9,11H2,(H,17,21). The highest BCUT2D eigenvalue weighted by molar-refractivity contribution is 5.78. The van der Waals surface area contributed by atoms with Crippen molar-refractivity contribution in [1.29, 1.82) is 0 Å². The Bertz CT molecular complexity index is 600. The lowest BCUT2D eigenvalue weighted by Gasteiger charge is -2.35. The number of hydrogen-bond acceptors (Lipinski definition) is 5. The molecular weight excluding hydrogens is 303 g/mol. The molecule has 0 saturated carbocycles. The number of anilines is 1. The Hall–Kier alpha value is -2.48. The second-order valence-corrected chi connectivity index (χ2v) is 5.25. The van der Waals surface area contributed by atoms with Gasteiger partial charge in [-0.1, -0.05) is 6.08 Å². The number of halogens is 1. The van der Waals surface area contributed by atoms with Crippen molar-refractivity contribution >= 4 is 17.3 Å². The average Bonchev–Trinajstić information content (AvgIpc) is 2.53. The summed E-state index contributed by atoms with van der Waals surface area (Å²) < 4.78 is 13.2. The minimum atomic E-state index is -0.627. The van der Waals surface area contributed by atoms with Crippen LogP contribution in [0, 0.1) is 15.9 Å². The van der Waals surface area contributed by atoms with E-state index >= 15 is 0 Å². The van der Waals surface area contributed by atoms with Crippen molar-refractivity contribution in [2.24, 2.45) is 0 Å². The fourth-order valence-corrected chi connectivity index (χ4v) is 2.50. The molecular formula is C15H19FN4O3. The number of amides is 1. The molecule has 2 rings (SSSR count). The molecule has 0 aromatic heterocycles. The summed E-state index contributed by atoms with van der Waals surface area (Å²) in [5, 5.41) is 13.8. The highest BCUT2D eigenvalue weighted by Crippen LogP contribution is 2.29. The van der Waals surface area contributed by atoms with Crippen molar-refractivity contribution in [2.75, 3.05) is 44.2 Å². The summed E-state index contributed by atoms with van der Waals surface area (Å²) in [7, 11) is 0. The summed E-state index contributed by atoms with van der Waals surface area (Å²) in [6.45, 7) is 6.55. The van der Waals surface area contributed by atoms with E-state index in [1.165, 1.54) is 12.1 Å². The molecule has 0 radical (unpaired) electrons. The summed E-state index contributed by atoms with van der Waals surface area (Å²) >= 11 is 0. The van der Waals surface area contributed by atoms with Crippen LogP contribution in [-0.2, 0) is 4.79 Å². The van der Waals surface area contributed by atoms with E-state index in [2.05, 4.69) is 11.9 Å². The van der Waals surface area contributed by atoms with Crippen molar-refractivity contribution in [2.45, 2.75) is 0 Å². The first kappa shape index (κ1) is 16.9. The van der Waals surface area contributed by atoms with Gasteiger partial charge in [0, 0.05) is 32.7 Å². The van der Waals surface area contributed by atoms with Crippen LogP contribution in [-0.4, -0.2) is 55.0 Å². The molecule has 124 valence electrons. The maximum absolute atomic E-state index is 13.2. The number of nitrogens with one attached hydrogen (secondary N) is 1. The van der Waals surface area contributed by atoms with Crippen LogP contribution in [0.5, 0.6) is 0 Å². The van der Waals surface area contributed by atoms with Crippen LogP contribution in [0.4, 0.5) is 15.8 Å². The van der Waals surface area contributed by atoms with Crippen molar-refractivity contribution < 1.29 is 14.1 Å². The van der Waals surface area contributed by atoms with Crippen LogP contribution >= 0.6 is 0 Å². The van der Waals surface area contributed by atoms with Gasteiger partial charge in [0.25, 0.3) is 5.69 Å². The predicted octanol–water partition coefficient (Wildman–Crippen LogP) is 1.16. The third kappa shape index (κ3) is 4.49. The predicted molar refractivity (Wildman–Crippen MR) is 84.9 cm³/mol. The Balaban J connectivity index is 1.96. The summed E-state index contributed by atoms with van der Waals surface area (Å²) in [5.74, 6) is -0.705. The van der Waals surface area contributed by atoms with Gasteiger partial charge in [0.1, 0.15) is 11.5 Å². The van der Waals surface area contributed by atoms with Gasteiger partial charge in [0.2, 0.25) is 5.91 Å². The molecule has 0 aliphatic carbocycles. The van der Waals surface area contributed by atoms with Crippen molar-refractivity contribution in [1.82, 2.24) is 10.2 Å². The fraction of sp³-hybridized carbons (Fsp3) is 0.400. The Morgan fingerprint density at radius 2 is 2.09 bits per heavy atom.